The molecule has 1 aliphatic heterocycles. The number of allylic oxidation sites excluding steroid dienone is 1. The summed E-state index contributed by atoms with van der Waals surface area (Å²) < 4.78 is 17.1. The molecule has 0 aliphatic carbocycles. The molecule has 0 atom stereocenters. The van der Waals surface area contributed by atoms with Crippen LogP contribution in [0.1, 0.15) is 32.6 Å². The number of methoxy groups -OCH3 is 1. The molecule has 0 fully saturated rings. The van der Waals surface area contributed by atoms with Crippen LogP contribution in [0.15, 0.2) is 66.4 Å². The van der Waals surface area contributed by atoms with Crippen molar-refractivity contribution in [3.63, 3.8) is 0 Å². The van der Waals surface area contributed by atoms with E-state index in [1.165, 1.54) is 0 Å². The van der Waals surface area contributed by atoms with Gasteiger partial charge in [0, 0.05) is 5.56 Å². The Kier molecular flexibility index (Phi) is 5.09. The molecule has 0 radical (unpaired) electrons. The van der Waals surface area contributed by atoms with Crippen molar-refractivity contribution in [2.45, 2.75) is 20.5 Å². The number of benzene rings is 3. The molecule has 0 amide bonds. The summed E-state index contributed by atoms with van der Waals surface area (Å²) >= 11 is 0. The van der Waals surface area contributed by atoms with E-state index in [0.29, 0.717) is 29.4 Å². The second kappa shape index (κ2) is 7.84. The predicted molar refractivity (Wildman–Crippen MR) is 113 cm³/mol. The smallest absolute Gasteiger partial charge is 0.231 e. The summed E-state index contributed by atoms with van der Waals surface area (Å²) in [5, 5.41) is 0. The lowest BCUT2D eigenvalue weighted by molar-refractivity contribution is 0.101. The van der Waals surface area contributed by atoms with Gasteiger partial charge in [-0.2, -0.15) is 0 Å². The van der Waals surface area contributed by atoms with Gasteiger partial charge in [0.1, 0.15) is 23.9 Å². The van der Waals surface area contributed by atoms with Crippen LogP contribution in [-0.2, 0) is 6.61 Å². The Hall–Kier alpha value is -3.53. The summed E-state index contributed by atoms with van der Waals surface area (Å²) in [7, 11) is 1.64. The molecular formula is C25H22O4. The number of hydrogen-bond donors (Lipinski definition) is 0. The highest BCUT2D eigenvalue weighted by Gasteiger charge is 2.30. The quantitative estimate of drug-likeness (QED) is 0.543. The lowest BCUT2D eigenvalue weighted by Crippen LogP contribution is -1.98. The Morgan fingerprint density at radius 1 is 1.00 bits per heavy atom. The first-order chi connectivity index (χ1) is 14.0. The van der Waals surface area contributed by atoms with Gasteiger partial charge in [0.2, 0.25) is 5.78 Å². The first-order valence-electron chi connectivity index (χ1n) is 9.45. The Morgan fingerprint density at radius 3 is 2.52 bits per heavy atom. The van der Waals surface area contributed by atoms with E-state index >= 15 is 0 Å². The van der Waals surface area contributed by atoms with Crippen molar-refractivity contribution in [1.29, 1.82) is 0 Å². The summed E-state index contributed by atoms with van der Waals surface area (Å²) in [6.07, 6.45) is 1.78. The van der Waals surface area contributed by atoms with E-state index in [0.717, 1.165) is 28.0 Å². The molecule has 1 heterocycles. The second-order valence-electron chi connectivity index (χ2n) is 7.06. The van der Waals surface area contributed by atoms with E-state index in [-0.39, 0.29) is 5.78 Å². The number of hydrogen-bond acceptors (Lipinski definition) is 4. The molecule has 29 heavy (non-hydrogen) atoms. The molecule has 0 saturated carbocycles. The van der Waals surface area contributed by atoms with Crippen LogP contribution in [0.5, 0.6) is 17.2 Å². The number of Topliss-reactive ketones (excluding diaryl/α,β-unsaturated/α-hetero) is 1. The molecule has 1 aliphatic rings. The molecule has 0 bridgehead atoms. The van der Waals surface area contributed by atoms with Crippen LogP contribution in [-0.4, -0.2) is 12.9 Å². The van der Waals surface area contributed by atoms with Crippen LogP contribution in [0.3, 0.4) is 0 Å². The standard InChI is InChI=1S/C25H22O4/c1-16-5-4-6-19(13-16)14-23-24(26)21-11-12-22(17(2)25(21)29-23)28-15-18-7-9-20(27-3)10-8-18/h4-14H,15H2,1-3H3/b23-14-. The zero-order chi connectivity index (χ0) is 20.4. The summed E-state index contributed by atoms with van der Waals surface area (Å²) in [6.45, 7) is 4.35. The van der Waals surface area contributed by atoms with Gasteiger partial charge in [-0.1, -0.05) is 42.0 Å². The molecule has 146 valence electrons. The number of ketones is 1. The van der Waals surface area contributed by atoms with Crippen molar-refractivity contribution >= 4 is 11.9 Å². The number of aryl methyl sites for hydroxylation is 1. The molecule has 0 spiro atoms. The maximum absolute atomic E-state index is 12.7. The Morgan fingerprint density at radius 2 is 1.79 bits per heavy atom. The Bertz CT molecular complexity index is 1090. The molecule has 0 N–H and O–H groups in total. The van der Waals surface area contributed by atoms with Crippen molar-refractivity contribution in [2.24, 2.45) is 0 Å². The molecule has 4 rings (SSSR count). The SMILES string of the molecule is COc1ccc(COc2ccc3c(c2C)O/C(=C\c2cccc(C)c2)C3=O)cc1. The lowest BCUT2D eigenvalue weighted by Gasteiger charge is -2.12. The minimum absolute atomic E-state index is 0.105. The van der Waals surface area contributed by atoms with Crippen LogP contribution in [0.2, 0.25) is 0 Å². The van der Waals surface area contributed by atoms with Crippen LogP contribution >= 0.6 is 0 Å². The van der Waals surface area contributed by atoms with Crippen molar-refractivity contribution in [2.75, 3.05) is 7.11 Å². The fourth-order valence-electron chi connectivity index (χ4n) is 3.32. The molecule has 0 aromatic heterocycles. The van der Waals surface area contributed by atoms with Gasteiger partial charge < -0.3 is 14.2 Å². The van der Waals surface area contributed by atoms with Crippen LogP contribution in [0, 0.1) is 13.8 Å². The van der Waals surface area contributed by atoms with Crippen LogP contribution in [0.4, 0.5) is 0 Å². The minimum Gasteiger partial charge on any atom is -0.497 e. The van der Waals surface area contributed by atoms with E-state index in [1.807, 2.05) is 68.4 Å². The van der Waals surface area contributed by atoms with E-state index in [2.05, 4.69) is 0 Å². The molecule has 0 unspecified atom stereocenters. The van der Waals surface area contributed by atoms with Gasteiger partial charge >= 0.3 is 0 Å². The zero-order valence-electron chi connectivity index (χ0n) is 16.7. The average molecular weight is 386 g/mol. The molecule has 3 aromatic rings. The predicted octanol–water partition coefficient (Wildman–Crippen LogP) is 5.51. The van der Waals surface area contributed by atoms with Crippen LogP contribution in [0.25, 0.3) is 6.08 Å². The summed E-state index contributed by atoms with van der Waals surface area (Å²) in [6, 6.07) is 19.3. The first-order valence-corrected chi connectivity index (χ1v) is 9.45. The molecule has 4 heteroatoms. The normalized spacial score (nSPS) is 13.9. The highest BCUT2D eigenvalue weighted by atomic mass is 16.5. The third-order valence-corrected chi connectivity index (χ3v) is 4.93. The van der Waals surface area contributed by atoms with Crippen molar-refractivity contribution in [3.8, 4) is 17.2 Å². The number of carbonyl (C=O) groups excluding carboxylic acids is 1. The van der Waals surface area contributed by atoms with Gasteiger partial charge in [-0.25, -0.2) is 0 Å². The van der Waals surface area contributed by atoms with E-state index in [1.54, 1.807) is 19.3 Å². The second-order valence-corrected chi connectivity index (χ2v) is 7.06. The average Bonchev–Trinajstić information content (AvgIpc) is 3.04. The Balaban J connectivity index is 1.54. The third-order valence-electron chi connectivity index (χ3n) is 4.93. The van der Waals surface area contributed by atoms with E-state index in [4.69, 9.17) is 14.2 Å². The van der Waals surface area contributed by atoms with E-state index < -0.39 is 0 Å². The summed E-state index contributed by atoms with van der Waals surface area (Å²) in [5.74, 6) is 2.31. The van der Waals surface area contributed by atoms with Crippen molar-refractivity contribution < 1.29 is 19.0 Å². The third kappa shape index (κ3) is 3.87. The van der Waals surface area contributed by atoms with Crippen molar-refractivity contribution in [1.82, 2.24) is 0 Å². The van der Waals surface area contributed by atoms with Gasteiger partial charge in [-0.3, -0.25) is 4.79 Å². The largest absolute Gasteiger partial charge is 0.497 e. The molecular weight excluding hydrogens is 364 g/mol. The minimum atomic E-state index is -0.105. The van der Waals surface area contributed by atoms with Gasteiger partial charge in [0.25, 0.3) is 0 Å². The lowest BCUT2D eigenvalue weighted by atomic mass is 10.1. The fraction of sp³-hybridized carbons (Fsp3) is 0.160. The number of carbonyl (C=O) groups is 1. The Labute approximate surface area is 170 Å². The molecule has 4 nitrogen and oxygen atoms in total. The number of fused-ring (bicyclic) bond motifs is 1. The summed E-state index contributed by atoms with van der Waals surface area (Å²) in [5.41, 5.74) is 4.49. The zero-order valence-corrected chi connectivity index (χ0v) is 16.7. The van der Waals surface area contributed by atoms with Gasteiger partial charge in [0.05, 0.1) is 12.7 Å². The van der Waals surface area contributed by atoms with Crippen molar-refractivity contribution in [3.05, 3.63) is 94.2 Å². The highest BCUT2D eigenvalue weighted by Crippen LogP contribution is 2.39. The maximum Gasteiger partial charge on any atom is 0.231 e. The number of ether oxygens (including phenoxy) is 3. The fourth-order valence-corrected chi connectivity index (χ4v) is 3.32. The van der Waals surface area contributed by atoms with Gasteiger partial charge in [0.15, 0.2) is 5.76 Å². The highest BCUT2D eigenvalue weighted by molar-refractivity contribution is 6.14. The van der Waals surface area contributed by atoms with E-state index in [9.17, 15) is 4.79 Å². The molecule has 3 aromatic carbocycles. The maximum atomic E-state index is 12.7. The molecule has 0 saturated heterocycles. The monoisotopic (exact) mass is 386 g/mol. The van der Waals surface area contributed by atoms with Gasteiger partial charge in [-0.15, -0.1) is 0 Å². The topological polar surface area (TPSA) is 44.8 Å². The first kappa shape index (κ1) is 18.8. The number of rotatable bonds is 5. The van der Waals surface area contributed by atoms with Crippen LogP contribution < -0.4 is 14.2 Å². The van der Waals surface area contributed by atoms with Gasteiger partial charge in [-0.05, 0) is 55.3 Å². The summed E-state index contributed by atoms with van der Waals surface area (Å²) in [4.78, 5) is 12.7.